The summed E-state index contributed by atoms with van der Waals surface area (Å²) in [7, 11) is 0. The van der Waals surface area contributed by atoms with Crippen molar-refractivity contribution in [3.05, 3.63) is 65.2 Å². The predicted octanol–water partition coefficient (Wildman–Crippen LogP) is 2.22. The molecule has 1 N–H and O–H groups in total. The highest BCUT2D eigenvalue weighted by atomic mass is 19.1. The van der Waals surface area contributed by atoms with Gasteiger partial charge in [-0.2, -0.15) is 0 Å². The Morgan fingerprint density at radius 1 is 1.19 bits per heavy atom. The summed E-state index contributed by atoms with van der Waals surface area (Å²) in [5, 5.41) is 2.79. The second-order valence-electron chi connectivity index (χ2n) is 4.86. The molecule has 1 fully saturated rings. The Morgan fingerprint density at radius 3 is 2.71 bits per heavy atom. The van der Waals surface area contributed by atoms with Gasteiger partial charge in [-0.15, -0.1) is 0 Å². The van der Waals surface area contributed by atoms with E-state index in [2.05, 4.69) is 22.1 Å². The number of carbonyl (C=O) groups is 1. The Balaban J connectivity index is 1.77. The summed E-state index contributed by atoms with van der Waals surface area (Å²) in [6, 6.07) is 9.80. The molecule has 21 heavy (non-hydrogen) atoms. The molecule has 1 aliphatic rings. The number of pyridine rings is 1. The first-order valence-electron chi connectivity index (χ1n) is 6.73. The number of nitrogens with one attached hydrogen (secondary N) is 1. The third-order valence-electron chi connectivity index (χ3n) is 3.37. The zero-order valence-corrected chi connectivity index (χ0v) is 11.3. The van der Waals surface area contributed by atoms with Crippen LogP contribution in [-0.2, 0) is 4.79 Å². The van der Waals surface area contributed by atoms with Crippen LogP contribution in [0, 0.1) is 17.7 Å². The van der Waals surface area contributed by atoms with Crippen LogP contribution >= 0.6 is 0 Å². The number of aromatic nitrogens is 1. The minimum atomic E-state index is -0.303. The van der Waals surface area contributed by atoms with Gasteiger partial charge < -0.3 is 5.32 Å². The number of rotatable bonds is 1. The van der Waals surface area contributed by atoms with Crippen LogP contribution in [0.1, 0.15) is 29.2 Å². The first-order chi connectivity index (χ1) is 10.2. The van der Waals surface area contributed by atoms with Crippen LogP contribution in [-0.4, -0.2) is 17.4 Å². The Kier molecular flexibility index (Phi) is 3.65. The lowest BCUT2D eigenvalue weighted by Crippen LogP contribution is -2.18. The van der Waals surface area contributed by atoms with Crippen molar-refractivity contribution in [2.45, 2.75) is 12.3 Å². The van der Waals surface area contributed by atoms with Gasteiger partial charge in [0.2, 0.25) is 5.91 Å². The molecule has 1 aromatic carbocycles. The lowest BCUT2D eigenvalue weighted by molar-refractivity contribution is -0.120. The fourth-order valence-corrected chi connectivity index (χ4v) is 2.27. The second-order valence-corrected chi connectivity index (χ2v) is 4.86. The van der Waals surface area contributed by atoms with Gasteiger partial charge in [-0.05, 0) is 36.8 Å². The van der Waals surface area contributed by atoms with E-state index in [-0.39, 0.29) is 17.6 Å². The van der Waals surface area contributed by atoms with Crippen molar-refractivity contribution in [2.75, 3.05) is 6.54 Å². The zero-order valence-electron chi connectivity index (χ0n) is 11.3. The van der Waals surface area contributed by atoms with Crippen LogP contribution in [0.2, 0.25) is 0 Å². The van der Waals surface area contributed by atoms with E-state index < -0.39 is 0 Å². The van der Waals surface area contributed by atoms with Gasteiger partial charge in [0.25, 0.3) is 0 Å². The minimum Gasteiger partial charge on any atom is -0.355 e. The van der Waals surface area contributed by atoms with E-state index in [1.54, 1.807) is 18.3 Å². The van der Waals surface area contributed by atoms with E-state index in [0.29, 0.717) is 12.1 Å². The van der Waals surface area contributed by atoms with Gasteiger partial charge in [-0.3, -0.25) is 9.78 Å². The van der Waals surface area contributed by atoms with Crippen molar-refractivity contribution >= 4 is 5.91 Å². The Morgan fingerprint density at radius 2 is 2.05 bits per heavy atom. The highest BCUT2D eigenvalue weighted by Crippen LogP contribution is 2.21. The molecule has 0 radical (unpaired) electrons. The molecular formula is C17H13FN2O. The van der Waals surface area contributed by atoms with Gasteiger partial charge >= 0.3 is 0 Å². The molecule has 3 nitrogen and oxygen atoms in total. The van der Waals surface area contributed by atoms with Gasteiger partial charge in [0.1, 0.15) is 5.82 Å². The summed E-state index contributed by atoms with van der Waals surface area (Å²) < 4.78 is 13.0. The topological polar surface area (TPSA) is 42.0 Å². The first-order valence-corrected chi connectivity index (χ1v) is 6.73. The monoisotopic (exact) mass is 280 g/mol. The van der Waals surface area contributed by atoms with E-state index >= 15 is 0 Å². The smallest absolute Gasteiger partial charge is 0.229 e. The second kappa shape index (κ2) is 5.76. The predicted molar refractivity (Wildman–Crippen MR) is 77.0 cm³/mol. The van der Waals surface area contributed by atoms with Gasteiger partial charge in [0.15, 0.2) is 0 Å². The van der Waals surface area contributed by atoms with Crippen molar-refractivity contribution in [1.29, 1.82) is 0 Å². The van der Waals surface area contributed by atoms with Crippen LogP contribution in [0.25, 0.3) is 0 Å². The SMILES string of the molecule is O=C1NCCC1c1ccc(C#Cc2cccc(F)c2)cn1. The normalized spacial score (nSPS) is 17.0. The molecule has 3 rings (SSSR count). The number of carbonyl (C=O) groups excluding carboxylic acids is 1. The average molecular weight is 280 g/mol. The maximum atomic E-state index is 13.0. The summed E-state index contributed by atoms with van der Waals surface area (Å²) in [4.78, 5) is 15.9. The van der Waals surface area contributed by atoms with Crippen molar-refractivity contribution in [2.24, 2.45) is 0 Å². The molecule has 2 heterocycles. The van der Waals surface area contributed by atoms with Crippen molar-refractivity contribution in [3.63, 3.8) is 0 Å². The summed E-state index contributed by atoms with van der Waals surface area (Å²) in [5.74, 6) is 5.40. The molecule has 104 valence electrons. The quantitative estimate of drug-likeness (QED) is 0.814. The van der Waals surface area contributed by atoms with Crippen LogP contribution < -0.4 is 5.32 Å². The number of benzene rings is 1. The molecule has 2 aromatic rings. The molecule has 1 aromatic heterocycles. The fourth-order valence-electron chi connectivity index (χ4n) is 2.27. The maximum absolute atomic E-state index is 13.0. The molecule has 0 spiro atoms. The molecule has 1 atom stereocenters. The summed E-state index contributed by atoms with van der Waals surface area (Å²) in [6.07, 6.45) is 2.42. The molecule has 1 aliphatic heterocycles. The van der Waals surface area contributed by atoms with Crippen molar-refractivity contribution in [1.82, 2.24) is 10.3 Å². The fraction of sp³-hybridized carbons (Fsp3) is 0.176. The molecule has 0 bridgehead atoms. The van der Waals surface area contributed by atoms with Crippen LogP contribution in [0.4, 0.5) is 4.39 Å². The van der Waals surface area contributed by atoms with Crippen LogP contribution in [0.5, 0.6) is 0 Å². The highest BCUT2D eigenvalue weighted by Gasteiger charge is 2.26. The molecular weight excluding hydrogens is 267 g/mol. The largest absolute Gasteiger partial charge is 0.355 e. The van der Waals surface area contributed by atoms with E-state index in [4.69, 9.17) is 0 Å². The van der Waals surface area contributed by atoms with E-state index in [1.165, 1.54) is 12.1 Å². The summed E-state index contributed by atoms with van der Waals surface area (Å²) >= 11 is 0. The van der Waals surface area contributed by atoms with Crippen molar-refractivity contribution in [3.8, 4) is 11.8 Å². The molecule has 1 amide bonds. The van der Waals surface area contributed by atoms with E-state index in [1.807, 2.05) is 12.1 Å². The average Bonchev–Trinajstić information content (AvgIpc) is 2.92. The van der Waals surface area contributed by atoms with E-state index in [9.17, 15) is 9.18 Å². The number of nitrogens with zero attached hydrogens (tertiary/aromatic N) is 1. The Labute approximate surface area is 122 Å². The molecule has 1 saturated heterocycles. The molecule has 0 saturated carbocycles. The Bertz CT molecular complexity index is 728. The van der Waals surface area contributed by atoms with Gasteiger partial charge in [-0.1, -0.05) is 17.9 Å². The molecule has 1 unspecified atom stereocenters. The number of hydrogen-bond donors (Lipinski definition) is 1. The summed E-state index contributed by atoms with van der Waals surface area (Å²) in [6.45, 7) is 0.701. The number of halogens is 1. The number of hydrogen-bond acceptors (Lipinski definition) is 2. The lowest BCUT2D eigenvalue weighted by Gasteiger charge is -2.05. The summed E-state index contributed by atoms with van der Waals surface area (Å²) in [5.41, 5.74) is 2.12. The first kappa shape index (κ1) is 13.3. The minimum absolute atomic E-state index is 0.0288. The lowest BCUT2D eigenvalue weighted by atomic mass is 10.0. The third-order valence-corrected chi connectivity index (χ3v) is 3.37. The third kappa shape index (κ3) is 3.09. The number of amides is 1. The van der Waals surface area contributed by atoms with E-state index in [0.717, 1.165) is 17.7 Å². The molecule has 0 aliphatic carbocycles. The van der Waals surface area contributed by atoms with Crippen molar-refractivity contribution < 1.29 is 9.18 Å². The maximum Gasteiger partial charge on any atom is 0.229 e. The zero-order chi connectivity index (χ0) is 14.7. The van der Waals surface area contributed by atoms with Gasteiger partial charge in [-0.25, -0.2) is 4.39 Å². The standard InChI is InChI=1S/C17H13FN2O/c18-14-3-1-2-12(10-14)4-5-13-6-7-16(20-11-13)15-8-9-19-17(15)21/h1-3,6-7,10-11,15H,8-9H2,(H,19,21). The van der Waals surface area contributed by atoms with Gasteiger partial charge in [0, 0.05) is 23.9 Å². The van der Waals surface area contributed by atoms with Crippen LogP contribution in [0.15, 0.2) is 42.6 Å². The Hall–Kier alpha value is -2.67. The van der Waals surface area contributed by atoms with Crippen LogP contribution in [0.3, 0.4) is 0 Å². The van der Waals surface area contributed by atoms with Gasteiger partial charge in [0.05, 0.1) is 11.6 Å². The highest BCUT2D eigenvalue weighted by molar-refractivity contribution is 5.85. The molecule has 4 heteroatoms.